The van der Waals surface area contributed by atoms with E-state index in [0.717, 1.165) is 0 Å². The van der Waals surface area contributed by atoms with E-state index < -0.39 is 34.2 Å². The topological polar surface area (TPSA) is 126 Å². The molecule has 2 heterocycles. The third-order valence-corrected chi connectivity index (χ3v) is 5.98. The van der Waals surface area contributed by atoms with Gasteiger partial charge in [0.2, 0.25) is 5.06 Å². The molecule has 0 spiro atoms. The van der Waals surface area contributed by atoms with Gasteiger partial charge in [0, 0.05) is 22.7 Å². The predicted molar refractivity (Wildman–Crippen MR) is 84.8 cm³/mol. The number of aromatic amines is 1. The quantitative estimate of drug-likeness (QED) is 0.391. The molecule has 9 heteroatoms. The number of halogens is 2. The van der Waals surface area contributed by atoms with Crippen molar-refractivity contribution in [1.29, 1.82) is 0 Å². The van der Waals surface area contributed by atoms with Crippen LogP contribution in [0.25, 0.3) is 10.9 Å². The van der Waals surface area contributed by atoms with Gasteiger partial charge >= 0.3 is 0 Å². The minimum atomic E-state index is -2.62. The summed E-state index contributed by atoms with van der Waals surface area (Å²) in [6.45, 7) is -0.856. The minimum Gasteiger partial charge on any atom is -0.392 e. The molecule has 1 aromatic carbocycles. The van der Waals surface area contributed by atoms with Crippen molar-refractivity contribution in [3.05, 3.63) is 36.0 Å². The van der Waals surface area contributed by atoms with Crippen molar-refractivity contribution in [3.8, 4) is 0 Å². The van der Waals surface area contributed by atoms with Crippen LogP contribution in [0.3, 0.4) is 0 Å². The minimum absolute atomic E-state index is 0.0969. The monoisotopic (exact) mass is 407 g/mol. The van der Waals surface area contributed by atoms with Crippen molar-refractivity contribution in [2.45, 2.75) is 27.6 Å². The summed E-state index contributed by atoms with van der Waals surface area (Å²) < 4.78 is 3.06. The fraction of sp³-hybridized carbons (Fsp3) is 0.429. The van der Waals surface area contributed by atoms with Crippen LogP contribution in [0.4, 0.5) is 0 Å². The number of hydrogen-bond acceptors (Lipinski definition) is 6. The Morgan fingerprint density at radius 1 is 1.26 bits per heavy atom. The molecule has 0 unspecified atom stereocenters. The lowest BCUT2D eigenvalue weighted by molar-refractivity contribution is -0.353. The lowest BCUT2D eigenvalue weighted by atomic mass is 9.80. The second kappa shape index (κ2) is 5.40. The highest BCUT2D eigenvalue weighted by atomic mass is 79.9. The lowest BCUT2D eigenvalue weighted by Crippen LogP contribution is -2.72. The molecular formula is C14H15BrClNO6. The van der Waals surface area contributed by atoms with Crippen LogP contribution < -0.4 is 0 Å². The van der Waals surface area contributed by atoms with E-state index in [1.807, 2.05) is 0 Å². The molecule has 0 radical (unpaired) electrons. The number of fused-ring (bicyclic) bond motifs is 1. The Balaban J connectivity index is 2.18. The number of H-pyrrole nitrogens is 1. The van der Waals surface area contributed by atoms with E-state index in [2.05, 4.69) is 20.9 Å². The molecule has 1 fully saturated rings. The highest BCUT2D eigenvalue weighted by Crippen LogP contribution is 2.52. The van der Waals surface area contributed by atoms with Gasteiger partial charge < -0.3 is 35.3 Å². The van der Waals surface area contributed by atoms with Crippen LogP contribution in [0.5, 0.6) is 0 Å². The van der Waals surface area contributed by atoms with Crippen molar-refractivity contribution >= 4 is 38.4 Å². The third kappa shape index (κ3) is 2.18. The van der Waals surface area contributed by atoms with Gasteiger partial charge in [-0.15, -0.1) is 0 Å². The summed E-state index contributed by atoms with van der Waals surface area (Å²) in [6, 6.07) is 6.87. The molecule has 0 aliphatic carbocycles. The van der Waals surface area contributed by atoms with E-state index >= 15 is 0 Å². The van der Waals surface area contributed by atoms with Crippen molar-refractivity contribution in [1.82, 2.24) is 4.98 Å². The Morgan fingerprint density at radius 3 is 2.57 bits per heavy atom. The number of benzene rings is 1. The van der Waals surface area contributed by atoms with E-state index in [-0.39, 0.29) is 5.56 Å². The molecule has 1 aliphatic heterocycles. The van der Waals surface area contributed by atoms with E-state index in [4.69, 9.17) is 16.3 Å². The number of para-hydroxylation sites is 1. The smallest absolute Gasteiger partial charge is 0.209 e. The third-order valence-electron chi connectivity index (χ3n) is 4.20. The summed E-state index contributed by atoms with van der Waals surface area (Å²) >= 11 is 8.81. The average Bonchev–Trinajstić information content (AvgIpc) is 2.96. The number of ether oxygens (including phenoxy) is 1. The second-order valence-corrected chi connectivity index (χ2v) is 7.36. The molecule has 126 valence electrons. The van der Waals surface area contributed by atoms with Crippen LogP contribution in [0, 0.1) is 0 Å². The Kier molecular flexibility index (Phi) is 4.02. The fourth-order valence-corrected chi connectivity index (χ4v) is 3.48. The van der Waals surface area contributed by atoms with Crippen LogP contribution in [0.15, 0.2) is 30.5 Å². The molecule has 0 saturated carbocycles. The zero-order valence-corrected chi connectivity index (χ0v) is 14.0. The number of rotatable bonds is 2. The molecule has 3 rings (SSSR count). The van der Waals surface area contributed by atoms with Gasteiger partial charge in [0.15, 0.2) is 16.4 Å². The van der Waals surface area contributed by atoms with Gasteiger partial charge in [-0.1, -0.05) is 29.8 Å². The Hall–Kier alpha value is -0.710. The van der Waals surface area contributed by atoms with Crippen LogP contribution >= 0.6 is 27.5 Å². The number of aliphatic hydroxyl groups is 5. The SMILES string of the molecule is OC[C@@]1(Br)O[C@H](O)[C@@](O)(c2c[nH]c3ccccc23)[C@@H](O)[C@]1(O)Cl. The van der Waals surface area contributed by atoms with Gasteiger partial charge in [-0.3, -0.25) is 0 Å². The van der Waals surface area contributed by atoms with E-state index in [0.29, 0.717) is 10.9 Å². The van der Waals surface area contributed by atoms with Gasteiger partial charge in [0.05, 0.1) is 6.61 Å². The second-order valence-electron chi connectivity index (χ2n) is 5.51. The summed E-state index contributed by atoms with van der Waals surface area (Å²) in [5.41, 5.74) is -1.69. The summed E-state index contributed by atoms with van der Waals surface area (Å²) in [6.07, 6.45) is -2.67. The Morgan fingerprint density at radius 2 is 1.91 bits per heavy atom. The lowest BCUT2D eigenvalue weighted by Gasteiger charge is -2.53. The first kappa shape index (κ1) is 17.1. The van der Waals surface area contributed by atoms with E-state index in [9.17, 15) is 25.5 Å². The first-order chi connectivity index (χ1) is 10.7. The molecule has 1 aliphatic rings. The van der Waals surface area contributed by atoms with E-state index in [1.165, 1.54) is 6.20 Å². The summed E-state index contributed by atoms with van der Waals surface area (Å²) in [7, 11) is 0. The number of alkyl halides is 2. The number of hydrogen-bond donors (Lipinski definition) is 6. The van der Waals surface area contributed by atoms with Crippen molar-refractivity contribution in [2.75, 3.05) is 6.61 Å². The maximum Gasteiger partial charge on any atom is 0.209 e. The zero-order valence-electron chi connectivity index (χ0n) is 11.6. The first-order valence-corrected chi connectivity index (χ1v) is 7.89. The zero-order chi connectivity index (χ0) is 17.0. The van der Waals surface area contributed by atoms with Gasteiger partial charge in [-0.05, 0) is 22.0 Å². The molecule has 6 N–H and O–H groups in total. The number of aromatic nitrogens is 1. The normalized spacial score (nSPS) is 41.3. The van der Waals surface area contributed by atoms with E-state index in [1.54, 1.807) is 24.3 Å². The maximum absolute atomic E-state index is 10.9. The maximum atomic E-state index is 10.9. The predicted octanol–water partition coefficient (Wildman–Crippen LogP) is 0.0759. The van der Waals surface area contributed by atoms with Gasteiger partial charge in [0.1, 0.15) is 6.10 Å². The molecule has 1 saturated heterocycles. The van der Waals surface area contributed by atoms with Crippen molar-refractivity contribution < 1.29 is 30.3 Å². The average molecular weight is 409 g/mol. The molecule has 2 aromatic rings. The molecule has 1 aromatic heterocycles. The molecule has 0 amide bonds. The van der Waals surface area contributed by atoms with Crippen molar-refractivity contribution in [2.24, 2.45) is 0 Å². The molecule has 7 nitrogen and oxygen atoms in total. The molecule has 0 bridgehead atoms. The summed E-state index contributed by atoms with van der Waals surface area (Å²) in [4.78, 5) is 2.89. The molecule has 23 heavy (non-hydrogen) atoms. The largest absolute Gasteiger partial charge is 0.392 e. The number of aliphatic hydroxyl groups excluding tert-OH is 3. The van der Waals surface area contributed by atoms with Crippen LogP contribution in [-0.2, 0) is 10.3 Å². The summed E-state index contributed by atoms with van der Waals surface area (Å²) in [5.74, 6) is 0. The fourth-order valence-electron chi connectivity index (χ4n) is 2.81. The number of nitrogens with one attached hydrogen (secondary N) is 1. The van der Waals surface area contributed by atoms with Crippen LogP contribution in [-0.4, -0.2) is 59.1 Å². The Labute approximate surface area is 144 Å². The van der Waals surface area contributed by atoms with Gasteiger partial charge in [-0.2, -0.15) is 0 Å². The van der Waals surface area contributed by atoms with Gasteiger partial charge in [-0.25, -0.2) is 0 Å². The first-order valence-electron chi connectivity index (χ1n) is 6.72. The molecule has 5 atom stereocenters. The molecular weight excluding hydrogens is 394 g/mol. The van der Waals surface area contributed by atoms with Gasteiger partial charge in [0.25, 0.3) is 0 Å². The van der Waals surface area contributed by atoms with Crippen LogP contribution in [0.1, 0.15) is 5.56 Å². The Bertz CT molecular complexity index is 739. The van der Waals surface area contributed by atoms with Crippen molar-refractivity contribution in [3.63, 3.8) is 0 Å². The van der Waals surface area contributed by atoms with Crippen LogP contribution in [0.2, 0.25) is 0 Å². The highest BCUT2D eigenvalue weighted by Gasteiger charge is 2.69. The standard InChI is InChI=1S/C14H15BrClNO6/c15-12(6-18)14(16,22)10(19)13(21,11(20)23-12)8-5-17-9-4-2-1-3-7(8)9/h1-5,10-11,17-22H,6H2/t10-,11+,12-,13-,14-/m1/s1. The highest BCUT2D eigenvalue weighted by molar-refractivity contribution is 9.10. The summed E-state index contributed by atoms with van der Waals surface area (Å²) in [5, 5.41) is 49.4.